The van der Waals surface area contributed by atoms with Crippen LogP contribution < -0.4 is 5.73 Å². The molecular formula is C18H38N2. The Morgan fingerprint density at radius 2 is 1.75 bits per heavy atom. The molecule has 0 saturated heterocycles. The predicted molar refractivity (Wildman–Crippen MR) is 90.0 cm³/mol. The maximum Gasteiger partial charge on any atom is 0.0303 e. The van der Waals surface area contributed by atoms with Crippen molar-refractivity contribution in [1.29, 1.82) is 0 Å². The van der Waals surface area contributed by atoms with E-state index in [1.54, 1.807) is 0 Å². The number of nitrogens with zero attached hydrogens (tertiary/aromatic N) is 1. The second-order valence-electron chi connectivity index (χ2n) is 7.31. The third-order valence-electron chi connectivity index (χ3n) is 5.67. The molecular weight excluding hydrogens is 244 g/mol. The fourth-order valence-corrected chi connectivity index (χ4v) is 3.80. The highest BCUT2D eigenvalue weighted by Crippen LogP contribution is 2.33. The standard InChI is InChI=1S/C18H38N2/c1-5-6-7-8-11-14-18(3,15-19)20(4)17-13-10-9-12-16(17)2/h16-17H,5-15,19H2,1-4H3. The number of likely N-dealkylation sites (N-methyl/N-ethyl adjacent to an activating group) is 1. The summed E-state index contributed by atoms with van der Waals surface area (Å²) in [5.41, 5.74) is 6.36. The summed E-state index contributed by atoms with van der Waals surface area (Å²) >= 11 is 0. The average Bonchev–Trinajstić information content (AvgIpc) is 2.46. The van der Waals surface area contributed by atoms with Crippen LogP contribution >= 0.6 is 0 Å². The second-order valence-corrected chi connectivity index (χ2v) is 7.31. The highest BCUT2D eigenvalue weighted by Gasteiger charge is 2.35. The Balaban J connectivity index is 2.48. The van der Waals surface area contributed by atoms with E-state index in [1.165, 1.54) is 64.2 Å². The van der Waals surface area contributed by atoms with Crippen LogP contribution in [0.1, 0.15) is 85.0 Å². The molecule has 0 aromatic rings. The summed E-state index contributed by atoms with van der Waals surface area (Å²) in [5.74, 6) is 0.833. The Morgan fingerprint density at radius 3 is 2.35 bits per heavy atom. The van der Waals surface area contributed by atoms with E-state index in [9.17, 15) is 0 Å². The van der Waals surface area contributed by atoms with Crippen LogP contribution in [0.4, 0.5) is 0 Å². The molecule has 3 unspecified atom stereocenters. The van der Waals surface area contributed by atoms with Crippen LogP contribution in [-0.4, -0.2) is 30.1 Å². The SMILES string of the molecule is CCCCCCCC(C)(CN)N(C)C1CCCCC1C. The van der Waals surface area contributed by atoms with Gasteiger partial charge in [0.1, 0.15) is 0 Å². The van der Waals surface area contributed by atoms with Crippen molar-refractivity contribution in [2.75, 3.05) is 13.6 Å². The van der Waals surface area contributed by atoms with E-state index >= 15 is 0 Å². The normalized spacial score (nSPS) is 26.7. The summed E-state index contributed by atoms with van der Waals surface area (Å²) in [4.78, 5) is 2.64. The Bertz CT molecular complexity index is 254. The second kappa shape index (κ2) is 9.04. The van der Waals surface area contributed by atoms with Crippen molar-refractivity contribution in [3.63, 3.8) is 0 Å². The first-order valence-corrected chi connectivity index (χ1v) is 8.98. The molecule has 0 aromatic carbocycles. The molecule has 0 aliphatic heterocycles. The fraction of sp³-hybridized carbons (Fsp3) is 1.00. The summed E-state index contributed by atoms with van der Waals surface area (Å²) in [5, 5.41) is 0. The molecule has 3 atom stereocenters. The highest BCUT2D eigenvalue weighted by atomic mass is 15.2. The Kier molecular flexibility index (Phi) is 8.13. The van der Waals surface area contributed by atoms with E-state index in [1.807, 2.05) is 0 Å². The lowest BCUT2D eigenvalue weighted by molar-refractivity contribution is 0.0352. The monoisotopic (exact) mass is 282 g/mol. The average molecular weight is 283 g/mol. The molecule has 0 bridgehead atoms. The number of unbranched alkanes of at least 4 members (excludes halogenated alkanes) is 4. The van der Waals surface area contributed by atoms with E-state index in [-0.39, 0.29) is 5.54 Å². The van der Waals surface area contributed by atoms with Gasteiger partial charge in [-0.15, -0.1) is 0 Å². The van der Waals surface area contributed by atoms with E-state index in [4.69, 9.17) is 5.73 Å². The third kappa shape index (κ3) is 5.04. The Morgan fingerprint density at radius 1 is 1.10 bits per heavy atom. The summed E-state index contributed by atoms with van der Waals surface area (Å²) in [6, 6.07) is 0.743. The first-order valence-electron chi connectivity index (χ1n) is 8.98. The van der Waals surface area contributed by atoms with E-state index < -0.39 is 0 Å². The van der Waals surface area contributed by atoms with Gasteiger partial charge in [0.15, 0.2) is 0 Å². The van der Waals surface area contributed by atoms with Gasteiger partial charge in [-0.1, -0.05) is 58.8 Å². The molecule has 1 aliphatic rings. The van der Waals surface area contributed by atoms with E-state index in [0.717, 1.165) is 18.5 Å². The molecule has 0 spiro atoms. The van der Waals surface area contributed by atoms with Crippen molar-refractivity contribution in [3.8, 4) is 0 Å². The molecule has 20 heavy (non-hydrogen) atoms. The van der Waals surface area contributed by atoms with Gasteiger partial charge < -0.3 is 5.73 Å². The zero-order valence-corrected chi connectivity index (χ0v) is 14.5. The minimum Gasteiger partial charge on any atom is -0.329 e. The number of hydrogen-bond acceptors (Lipinski definition) is 2. The van der Waals surface area contributed by atoms with Crippen molar-refractivity contribution in [3.05, 3.63) is 0 Å². The maximum atomic E-state index is 6.16. The summed E-state index contributed by atoms with van der Waals surface area (Å²) in [6.07, 6.45) is 13.6. The summed E-state index contributed by atoms with van der Waals surface area (Å²) in [7, 11) is 2.32. The molecule has 120 valence electrons. The van der Waals surface area contributed by atoms with Crippen LogP contribution in [0.15, 0.2) is 0 Å². The van der Waals surface area contributed by atoms with Gasteiger partial charge in [0.05, 0.1) is 0 Å². The van der Waals surface area contributed by atoms with Crippen LogP contribution in [0.25, 0.3) is 0 Å². The van der Waals surface area contributed by atoms with Crippen LogP contribution in [0, 0.1) is 5.92 Å². The topological polar surface area (TPSA) is 29.3 Å². The Hall–Kier alpha value is -0.0800. The molecule has 2 heteroatoms. The van der Waals surface area contributed by atoms with Crippen molar-refractivity contribution >= 4 is 0 Å². The largest absolute Gasteiger partial charge is 0.329 e. The minimum atomic E-state index is 0.197. The molecule has 1 aliphatic carbocycles. The van der Waals surface area contributed by atoms with Crippen molar-refractivity contribution < 1.29 is 0 Å². The first-order chi connectivity index (χ1) is 9.55. The highest BCUT2D eigenvalue weighted by molar-refractivity contribution is 4.92. The smallest absolute Gasteiger partial charge is 0.0303 e. The lowest BCUT2D eigenvalue weighted by Crippen LogP contribution is -2.56. The zero-order chi connectivity index (χ0) is 15.0. The number of nitrogens with two attached hydrogens (primary N) is 1. The molecule has 2 nitrogen and oxygen atoms in total. The third-order valence-corrected chi connectivity index (χ3v) is 5.67. The molecule has 1 fully saturated rings. The van der Waals surface area contributed by atoms with Gasteiger partial charge in [-0.05, 0) is 39.2 Å². The van der Waals surface area contributed by atoms with Crippen LogP contribution in [0.2, 0.25) is 0 Å². The van der Waals surface area contributed by atoms with Gasteiger partial charge in [-0.25, -0.2) is 0 Å². The molecule has 1 saturated carbocycles. The Labute approximate surface area is 127 Å². The number of hydrogen-bond donors (Lipinski definition) is 1. The molecule has 0 aromatic heterocycles. The van der Waals surface area contributed by atoms with Gasteiger partial charge in [0.25, 0.3) is 0 Å². The summed E-state index contributed by atoms with van der Waals surface area (Å²) < 4.78 is 0. The van der Waals surface area contributed by atoms with Crippen LogP contribution in [0.3, 0.4) is 0 Å². The molecule has 2 N–H and O–H groups in total. The number of rotatable bonds is 9. The lowest BCUT2D eigenvalue weighted by Gasteiger charge is -2.47. The van der Waals surface area contributed by atoms with Crippen molar-refractivity contribution in [2.45, 2.75) is 96.6 Å². The van der Waals surface area contributed by atoms with Gasteiger partial charge in [0.2, 0.25) is 0 Å². The molecule has 0 heterocycles. The van der Waals surface area contributed by atoms with Gasteiger partial charge in [-0.2, -0.15) is 0 Å². The first kappa shape index (κ1) is 18.0. The van der Waals surface area contributed by atoms with Crippen molar-refractivity contribution in [2.24, 2.45) is 11.7 Å². The van der Waals surface area contributed by atoms with Gasteiger partial charge in [-0.3, -0.25) is 4.90 Å². The zero-order valence-electron chi connectivity index (χ0n) is 14.5. The molecule has 0 amide bonds. The fourth-order valence-electron chi connectivity index (χ4n) is 3.80. The molecule has 0 radical (unpaired) electrons. The van der Waals surface area contributed by atoms with Gasteiger partial charge >= 0.3 is 0 Å². The quantitative estimate of drug-likeness (QED) is 0.627. The van der Waals surface area contributed by atoms with Gasteiger partial charge in [0, 0.05) is 18.1 Å². The predicted octanol–water partition coefficient (Wildman–Crippen LogP) is 4.57. The van der Waals surface area contributed by atoms with E-state index in [2.05, 4.69) is 32.7 Å². The van der Waals surface area contributed by atoms with Crippen molar-refractivity contribution in [1.82, 2.24) is 4.90 Å². The van der Waals surface area contributed by atoms with Crippen LogP contribution in [-0.2, 0) is 0 Å². The minimum absolute atomic E-state index is 0.197. The maximum absolute atomic E-state index is 6.16. The lowest BCUT2D eigenvalue weighted by atomic mass is 9.81. The van der Waals surface area contributed by atoms with Crippen LogP contribution in [0.5, 0.6) is 0 Å². The molecule has 1 rings (SSSR count). The summed E-state index contributed by atoms with van der Waals surface area (Å²) in [6.45, 7) is 7.88. The van der Waals surface area contributed by atoms with E-state index in [0.29, 0.717) is 0 Å².